The summed E-state index contributed by atoms with van der Waals surface area (Å²) in [5.41, 5.74) is 1.50. The normalized spacial score (nSPS) is 22.4. The van der Waals surface area contributed by atoms with E-state index in [9.17, 15) is 0 Å². The summed E-state index contributed by atoms with van der Waals surface area (Å²) in [5, 5.41) is 2.06. The van der Waals surface area contributed by atoms with E-state index in [1.807, 2.05) is 36.4 Å². The number of epoxide rings is 2. The molecular formula is C18H16O5. The van der Waals surface area contributed by atoms with Gasteiger partial charge in [-0.2, -0.15) is 0 Å². The van der Waals surface area contributed by atoms with Gasteiger partial charge in [-0.25, -0.2) is 0 Å². The summed E-state index contributed by atoms with van der Waals surface area (Å²) in [6.07, 6.45) is 0.430. The molecule has 2 atom stereocenters. The van der Waals surface area contributed by atoms with Crippen LogP contribution in [0.2, 0.25) is 0 Å². The Hall–Kier alpha value is -2.24. The zero-order chi connectivity index (χ0) is 15.2. The molecule has 2 aliphatic heterocycles. The first-order valence-corrected chi connectivity index (χ1v) is 7.81. The molecule has 118 valence electrons. The number of benzene rings is 2. The van der Waals surface area contributed by atoms with Gasteiger partial charge in [0.2, 0.25) is 0 Å². The Kier molecular flexibility index (Phi) is 2.96. The molecule has 5 rings (SSSR count). The lowest BCUT2D eigenvalue weighted by atomic mass is 10.1. The van der Waals surface area contributed by atoms with Crippen molar-refractivity contribution in [2.45, 2.75) is 12.2 Å². The summed E-state index contributed by atoms with van der Waals surface area (Å²) in [7, 11) is 0. The van der Waals surface area contributed by atoms with Crippen LogP contribution in [-0.2, 0) is 9.47 Å². The van der Waals surface area contributed by atoms with E-state index < -0.39 is 0 Å². The number of fused-ring (bicyclic) bond motifs is 3. The lowest BCUT2D eigenvalue weighted by Gasteiger charge is -2.04. The highest BCUT2D eigenvalue weighted by molar-refractivity contribution is 6.08. The lowest BCUT2D eigenvalue weighted by molar-refractivity contribution is 0.260. The summed E-state index contributed by atoms with van der Waals surface area (Å²) in [6, 6.07) is 11.9. The smallest absolute Gasteiger partial charge is 0.177 e. The second-order valence-corrected chi connectivity index (χ2v) is 5.90. The number of rotatable bonds is 6. The van der Waals surface area contributed by atoms with Gasteiger partial charge in [0.1, 0.15) is 25.4 Å². The van der Waals surface area contributed by atoms with Crippen molar-refractivity contribution in [3.05, 3.63) is 36.4 Å². The second-order valence-electron chi connectivity index (χ2n) is 5.90. The van der Waals surface area contributed by atoms with Crippen LogP contribution in [-0.4, -0.2) is 38.6 Å². The monoisotopic (exact) mass is 312 g/mol. The van der Waals surface area contributed by atoms with Crippen LogP contribution in [0.25, 0.3) is 21.9 Å². The third kappa shape index (κ3) is 2.52. The van der Waals surface area contributed by atoms with Crippen LogP contribution < -0.4 is 9.47 Å². The van der Waals surface area contributed by atoms with E-state index in [0.717, 1.165) is 46.7 Å². The van der Waals surface area contributed by atoms with Gasteiger partial charge in [-0.3, -0.25) is 0 Å². The number of para-hydroxylation sites is 2. The van der Waals surface area contributed by atoms with Crippen molar-refractivity contribution in [1.82, 2.24) is 0 Å². The highest BCUT2D eigenvalue weighted by Crippen LogP contribution is 2.39. The summed E-state index contributed by atoms with van der Waals surface area (Å²) in [6.45, 7) is 2.66. The van der Waals surface area contributed by atoms with E-state index in [1.54, 1.807) is 0 Å². The third-order valence-corrected chi connectivity index (χ3v) is 4.11. The number of ether oxygens (including phenoxy) is 4. The van der Waals surface area contributed by atoms with E-state index in [4.69, 9.17) is 23.4 Å². The molecule has 0 saturated carbocycles. The Morgan fingerprint density at radius 1 is 0.783 bits per heavy atom. The fourth-order valence-electron chi connectivity index (χ4n) is 2.69. The quantitative estimate of drug-likeness (QED) is 0.654. The van der Waals surface area contributed by atoms with Gasteiger partial charge in [0.25, 0.3) is 0 Å². The molecule has 2 unspecified atom stereocenters. The van der Waals surface area contributed by atoms with Gasteiger partial charge in [0.15, 0.2) is 22.7 Å². The van der Waals surface area contributed by atoms with Crippen molar-refractivity contribution < 1.29 is 23.4 Å². The lowest BCUT2D eigenvalue weighted by Crippen LogP contribution is -2.04. The van der Waals surface area contributed by atoms with Crippen molar-refractivity contribution in [3.8, 4) is 11.5 Å². The maximum Gasteiger partial charge on any atom is 0.177 e. The van der Waals surface area contributed by atoms with Crippen LogP contribution in [0.3, 0.4) is 0 Å². The third-order valence-electron chi connectivity index (χ3n) is 4.11. The van der Waals surface area contributed by atoms with Gasteiger partial charge >= 0.3 is 0 Å². The van der Waals surface area contributed by atoms with Crippen molar-refractivity contribution >= 4 is 21.9 Å². The van der Waals surface area contributed by atoms with Crippen LogP contribution in [0.1, 0.15) is 0 Å². The summed E-state index contributed by atoms with van der Waals surface area (Å²) in [5.74, 6) is 1.48. The molecule has 0 radical (unpaired) electrons. The van der Waals surface area contributed by atoms with Crippen molar-refractivity contribution in [2.24, 2.45) is 0 Å². The highest BCUT2D eigenvalue weighted by Gasteiger charge is 2.25. The van der Waals surface area contributed by atoms with Gasteiger partial charge in [-0.1, -0.05) is 24.3 Å². The SMILES string of the molecule is c1cc(OCC2CO2)c2oc3c(OCC4CO4)cccc3c2c1. The zero-order valence-electron chi connectivity index (χ0n) is 12.5. The van der Waals surface area contributed by atoms with E-state index >= 15 is 0 Å². The van der Waals surface area contributed by atoms with Gasteiger partial charge < -0.3 is 23.4 Å². The first-order valence-electron chi connectivity index (χ1n) is 7.81. The largest absolute Gasteiger partial charge is 0.487 e. The first-order chi connectivity index (χ1) is 11.4. The number of hydrogen-bond acceptors (Lipinski definition) is 5. The number of furan rings is 1. The Labute approximate surface area is 132 Å². The minimum Gasteiger partial charge on any atom is -0.487 e. The van der Waals surface area contributed by atoms with Crippen molar-refractivity contribution in [2.75, 3.05) is 26.4 Å². The molecular weight excluding hydrogens is 296 g/mol. The highest BCUT2D eigenvalue weighted by atomic mass is 16.6. The Bertz CT molecular complexity index is 790. The molecule has 0 spiro atoms. The maximum absolute atomic E-state index is 6.09. The van der Waals surface area contributed by atoms with E-state index in [-0.39, 0.29) is 12.2 Å². The standard InChI is InChI=1S/C18H16O5/c1-3-13-14-4-2-6-16(22-10-12-8-20-12)18(14)23-17(13)15(5-1)21-9-11-7-19-11/h1-6,11-12H,7-10H2. The van der Waals surface area contributed by atoms with Crippen LogP contribution in [0, 0.1) is 0 Å². The van der Waals surface area contributed by atoms with E-state index in [0.29, 0.717) is 13.2 Å². The molecule has 2 aliphatic rings. The molecule has 0 N–H and O–H groups in total. The zero-order valence-corrected chi connectivity index (χ0v) is 12.5. The van der Waals surface area contributed by atoms with Gasteiger partial charge in [-0.05, 0) is 12.1 Å². The fourth-order valence-corrected chi connectivity index (χ4v) is 2.69. The van der Waals surface area contributed by atoms with E-state index in [2.05, 4.69) is 0 Å². The molecule has 2 fully saturated rings. The fraction of sp³-hybridized carbons (Fsp3) is 0.333. The molecule has 5 heteroatoms. The minimum atomic E-state index is 0.215. The topological polar surface area (TPSA) is 56.7 Å². The molecule has 23 heavy (non-hydrogen) atoms. The maximum atomic E-state index is 6.09. The van der Waals surface area contributed by atoms with Crippen molar-refractivity contribution in [1.29, 1.82) is 0 Å². The first kappa shape index (κ1) is 13.2. The molecule has 2 saturated heterocycles. The predicted octanol–water partition coefficient (Wildman–Crippen LogP) is 3.14. The molecule has 0 amide bonds. The number of hydrogen-bond donors (Lipinski definition) is 0. The average Bonchev–Trinajstić information content (AvgIpc) is 3.49. The molecule has 2 aromatic carbocycles. The molecule has 0 aliphatic carbocycles. The van der Waals surface area contributed by atoms with Crippen molar-refractivity contribution in [3.63, 3.8) is 0 Å². The summed E-state index contributed by atoms with van der Waals surface area (Å²) in [4.78, 5) is 0. The van der Waals surface area contributed by atoms with Crippen LogP contribution in [0.15, 0.2) is 40.8 Å². The molecule has 3 aromatic rings. The minimum absolute atomic E-state index is 0.215. The molecule has 1 aromatic heterocycles. The van der Waals surface area contributed by atoms with Crippen LogP contribution in [0.4, 0.5) is 0 Å². The Morgan fingerprint density at radius 3 is 1.70 bits per heavy atom. The van der Waals surface area contributed by atoms with Crippen LogP contribution >= 0.6 is 0 Å². The second kappa shape index (κ2) is 5.15. The molecule has 5 nitrogen and oxygen atoms in total. The average molecular weight is 312 g/mol. The van der Waals surface area contributed by atoms with Gasteiger partial charge in [-0.15, -0.1) is 0 Å². The van der Waals surface area contributed by atoms with Gasteiger partial charge in [0.05, 0.1) is 13.2 Å². The van der Waals surface area contributed by atoms with E-state index in [1.165, 1.54) is 0 Å². The van der Waals surface area contributed by atoms with Crippen LogP contribution in [0.5, 0.6) is 11.5 Å². The molecule has 0 bridgehead atoms. The molecule has 3 heterocycles. The van der Waals surface area contributed by atoms with Gasteiger partial charge in [0, 0.05) is 10.8 Å². The summed E-state index contributed by atoms with van der Waals surface area (Å²) < 4.78 is 28.2. The predicted molar refractivity (Wildman–Crippen MR) is 84.2 cm³/mol. The Balaban J connectivity index is 1.55. The Morgan fingerprint density at radius 2 is 1.26 bits per heavy atom. The summed E-state index contributed by atoms with van der Waals surface area (Å²) >= 11 is 0.